The number of alkyl halides is 5. The van der Waals surface area contributed by atoms with Gasteiger partial charge in [-0.1, -0.05) is 42.5 Å². The van der Waals surface area contributed by atoms with Gasteiger partial charge in [0, 0.05) is 22.4 Å². The summed E-state index contributed by atoms with van der Waals surface area (Å²) in [5.74, 6) is 0.201. The highest BCUT2D eigenvalue weighted by molar-refractivity contribution is 5.86. The minimum atomic E-state index is -5.01. The van der Waals surface area contributed by atoms with Crippen LogP contribution in [-0.4, -0.2) is 6.18 Å². The molecule has 0 saturated heterocycles. The maximum absolute atomic E-state index is 14.8. The Bertz CT molecular complexity index is 1720. The molecule has 4 rings (SSSR count). The number of hydrogen-bond donors (Lipinski definition) is 0. The van der Waals surface area contributed by atoms with Crippen molar-refractivity contribution in [2.24, 2.45) is 0 Å². The van der Waals surface area contributed by atoms with E-state index >= 15 is 0 Å². The second-order valence-corrected chi connectivity index (χ2v) is 8.19. The fourth-order valence-electron chi connectivity index (χ4n) is 3.59. The van der Waals surface area contributed by atoms with E-state index in [0.717, 1.165) is 29.7 Å². The highest BCUT2D eigenvalue weighted by atomic mass is 19.4. The summed E-state index contributed by atoms with van der Waals surface area (Å²) in [5, 5.41) is -0.837. The van der Waals surface area contributed by atoms with Crippen LogP contribution in [0.4, 0.5) is 39.5 Å². The molecule has 0 aliphatic rings. The van der Waals surface area contributed by atoms with Gasteiger partial charge in [-0.3, -0.25) is 0 Å². The molecule has 0 aromatic heterocycles. The topological polar surface area (TPSA) is 9.23 Å². The molecule has 0 radical (unpaired) electrons. The summed E-state index contributed by atoms with van der Waals surface area (Å²) in [5.41, 5.74) is -1.83. The Morgan fingerprint density at radius 1 is 0.700 bits per heavy atom. The number of fused-ring (bicyclic) bond motifs is 1. The molecule has 40 heavy (non-hydrogen) atoms. The molecule has 0 atom stereocenters. The number of ether oxygens (including phenoxy) is 1. The van der Waals surface area contributed by atoms with Crippen LogP contribution < -0.4 is 4.74 Å². The minimum absolute atomic E-state index is 0.233. The molecule has 0 heterocycles. The van der Waals surface area contributed by atoms with Crippen molar-refractivity contribution in [3.05, 3.63) is 118 Å². The van der Waals surface area contributed by atoms with Gasteiger partial charge in [0.15, 0.2) is 0 Å². The van der Waals surface area contributed by atoms with Crippen LogP contribution in [0.25, 0.3) is 16.8 Å². The molecular weight excluding hydrogens is 547 g/mol. The zero-order chi connectivity index (χ0) is 29.2. The lowest BCUT2D eigenvalue weighted by atomic mass is 10.0. The number of rotatable bonds is 4. The molecule has 0 N–H and O–H groups in total. The molecule has 0 fully saturated rings. The van der Waals surface area contributed by atoms with Gasteiger partial charge in [0.1, 0.15) is 34.6 Å². The van der Waals surface area contributed by atoms with Crippen molar-refractivity contribution >= 4 is 16.8 Å². The Labute approximate surface area is 221 Å². The molecular formula is C30H13F9O. The first-order chi connectivity index (χ1) is 18.8. The fraction of sp³-hybridized carbons (Fsp3) is 0.0667. The van der Waals surface area contributed by atoms with Crippen LogP contribution in [0.15, 0.2) is 67.2 Å². The number of benzene rings is 4. The smallest absolute Gasteiger partial charge is 0.429 e. The second-order valence-electron chi connectivity index (χ2n) is 8.19. The van der Waals surface area contributed by atoms with E-state index < -0.39 is 57.8 Å². The van der Waals surface area contributed by atoms with Crippen LogP contribution in [0.2, 0.25) is 0 Å². The fourth-order valence-corrected chi connectivity index (χ4v) is 3.59. The summed E-state index contributed by atoms with van der Waals surface area (Å²) in [4.78, 5) is 0. The predicted molar refractivity (Wildman–Crippen MR) is 130 cm³/mol. The molecule has 0 spiro atoms. The van der Waals surface area contributed by atoms with Gasteiger partial charge in [-0.2, -0.15) is 22.0 Å². The molecule has 0 saturated carbocycles. The first-order valence-electron chi connectivity index (χ1n) is 11.1. The molecule has 0 unspecified atom stereocenters. The normalized spacial score (nSPS) is 11.3. The van der Waals surface area contributed by atoms with E-state index in [1.54, 1.807) is 30.3 Å². The maximum atomic E-state index is 14.8. The van der Waals surface area contributed by atoms with Crippen molar-refractivity contribution in [3.8, 4) is 29.4 Å². The van der Waals surface area contributed by atoms with Gasteiger partial charge in [0.2, 0.25) is 0 Å². The Hall–Kier alpha value is -4.83. The molecule has 1 nitrogen and oxygen atoms in total. The van der Waals surface area contributed by atoms with Gasteiger partial charge >= 0.3 is 12.3 Å². The van der Waals surface area contributed by atoms with Gasteiger partial charge in [0.25, 0.3) is 0 Å². The lowest BCUT2D eigenvalue weighted by Crippen LogP contribution is -2.25. The summed E-state index contributed by atoms with van der Waals surface area (Å²) in [7, 11) is 0. The number of halogens is 9. The first-order valence-corrected chi connectivity index (χ1v) is 11.1. The summed E-state index contributed by atoms with van der Waals surface area (Å²) in [6.07, 6.45) is -7.99. The zero-order valence-electron chi connectivity index (χ0n) is 19.9. The van der Waals surface area contributed by atoms with Crippen LogP contribution in [0.1, 0.15) is 27.8 Å². The second kappa shape index (κ2) is 10.7. The molecule has 10 heteroatoms. The molecule has 4 aromatic rings. The number of hydrogen-bond acceptors (Lipinski definition) is 1. The van der Waals surface area contributed by atoms with Crippen LogP contribution >= 0.6 is 0 Å². The third-order valence-corrected chi connectivity index (χ3v) is 5.41. The van der Waals surface area contributed by atoms with Crippen molar-refractivity contribution in [2.45, 2.75) is 12.3 Å². The molecule has 202 valence electrons. The standard InChI is InChI=1S/C30H13F9O/c1-2-17-3-5-18(6-4-17)7-8-19-13-25(32)27(26(33)14-19)30(38,39)40-21-9-10-22-20(15-21)16-24(31)23(28(22)34)11-12-29(35,36)37/h2-6,9-10,13-16H,1H2. The third kappa shape index (κ3) is 6.24. The van der Waals surface area contributed by atoms with E-state index in [2.05, 4.69) is 23.2 Å². The van der Waals surface area contributed by atoms with Gasteiger partial charge in [-0.05, 0) is 59.5 Å². The zero-order valence-corrected chi connectivity index (χ0v) is 19.9. The molecule has 4 aromatic carbocycles. The van der Waals surface area contributed by atoms with E-state index in [0.29, 0.717) is 23.8 Å². The van der Waals surface area contributed by atoms with Gasteiger partial charge in [-0.25, -0.2) is 17.6 Å². The molecule has 0 bridgehead atoms. The molecule has 0 amide bonds. The van der Waals surface area contributed by atoms with E-state index in [1.807, 2.05) is 0 Å². The Balaban J connectivity index is 1.63. The molecule has 0 aliphatic carbocycles. The lowest BCUT2D eigenvalue weighted by molar-refractivity contribution is -0.189. The van der Waals surface area contributed by atoms with Crippen LogP contribution in [0, 0.1) is 47.0 Å². The van der Waals surface area contributed by atoms with Gasteiger partial charge in [-0.15, -0.1) is 0 Å². The van der Waals surface area contributed by atoms with Crippen LogP contribution in [0.3, 0.4) is 0 Å². The Kier molecular flexibility index (Phi) is 7.57. The third-order valence-electron chi connectivity index (χ3n) is 5.41. The highest BCUT2D eigenvalue weighted by Crippen LogP contribution is 2.37. The van der Waals surface area contributed by atoms with Crippen molar-refractivity contribution in [2.75, 3.05) is 0 Å². The summed E-state index contributed by atoms with van der Waals surface area (Å²) >= 11 is 0. The largest absolute Gasteiger partial charge is 0.458 e. The van der Waals surface area contributed by atoms with Crippen molar-refractivity contribution in [1.82, 2.24) is 0 Å². The monoisotopic (exact) mass is 560 g/mol. The van der Waals surface area contributed by atoms with E-state index in [9.17, 15) is 39.5 Å². The van der Waals surface area contributed by atoms with E-state index in [1.165, 1.54) is 5.92 Å². The van der Waals surface area contributed by atoms with E-state index in [4.69, 9.17) is 0 Å². The lowest BCUT2D eigenvalue weighted by Gasteiger charge is -2.20. The summed E-state index contributed by atoms with van der Waals surface area (Å²) in [6, 6.07) is 10.7. The summed E-state index contributed by atoms with van der Waals surface area (Å²) < 4.78 is 129. The van der Waals surface area contributed by atoms with Gasteiger partial charge < -0.3 is 4.74 Å². The van der Waals surface area contributed by atoms with Crippen LogP contribution in [-0.2, 0) is 6.11 Å². The van der Waals surface area contributed by atoms with E-state index in [-0.39, 0.29) is 10.9 Å². The van der Waals surface area contributed by atoms with Crippen molar-refractivity contribution < 1.29 is 44.3 Å². The molecule has 0 aliphatic heterocycles. The average Bonchev–Trinajstić information content (AvgIpc) is 2.86. The first kappa shape index (κ1) is 28.2. The van der Waals surface area contributed by atoms with Crippen LogP contribution in [0.5, 0.6) is 5.75 Å². The average molecular weight is 560 g/mol. The van der Waals surface area contributed by atoms with Gasteiger partial charge in [0.05, 0.1) is 5.56 Å². The SMILES string of the molecule is C=Cc1ccc(C#Cc2cc(F)c(C(F)(F)Oc3ccc4c(F)c(C#CC(F)(F)F)c(F)cc4c3)c(F)c2)cc1. The Morgan fingerprint density at radius 2 is 1.32 bits per heavy atom. The summed E-state index contributed by atoms with van der Waals surface area (Å²) in [6.45, 7) is 3.61. The van der Waals surface area contributed by atoms with Crippen molar-refractivity contribution in [3.63, 3.8) is 0 Å². The highest BCUT2D eigenvalue weighted by Gasteiger charge is 2.41. The predicted octanol–water partition coefficient (Wildman–Crippen LogP) is 8.48. The quantitative estimate of drug-likeness (QED) is 0.180. The minimum Gasteiger partial charge on any atom is -0.429 e. The van der Waals surface area contributed by atoms with Crippen molar-refractivity contribution in [1.29, 1.82) is 0 Å². The Morgan fingerprint density at radius 3 is 1.93 bits per heavy atom. The maximum Gasteiger partial charge on any atom is 0.458 e.